The summed E-state index contributed by atoms with van der Waals surface area (Å²) in [5, 5.41) is 0. The zero-order valence-electron chi connectivity index (χ0n) is 19.8. The molecular weight excluding hydrogens is 456 g/mol. The van der Waals surface area contributed by atoms with Crippen molar-refractivity contribution in [3.05, 3.63) is 98.5 Å². The van der Waals surface area contributed by atoms with Crippen LogP contribution in [0.4, 0.5) is 8.78 Å². The minimum Gasteiger partial charge on any atom is -0.367 e. The summed E-state index contributed by atoms with van der Waals surface area (Å²) in [5.74, 6) is -0.679. The van der Waals surface area contributed by atoms with Gasteiger partial charge in [-0.1, -0.05) is 24.3 Å². The predicted octanol–water partition coefficient (Wildman–Crippen LogP) is 2.45. The van der Waals surface area contributed by atoms with Crippen molar-refractivity contribution < 1.29 is 13.5 Å². The highest BCUT2D eigenvalue weighted by atomic mass is 19.1. The Balaban J connectivity index is 1.41. The summed E-state index contributed by atoms with van der Waals surface area (Å²) < 4.78 is 37.1. The molecule has 0 amide bonds. The van der Waals surface area contributed by atoms with Crippen molar-refractivity contribution in [2.24, 2.45) is 14.1 Å². The van der Waals surface area contributed by atoms with Gasteiger partial charge in [0.1, 0.15) is 17.7 Å². The Morgan fingerprint density at radius 2 is 1.49 bits per heavy atom. The van der Waals surface area contributed by atoms with E-state index in [2.05, 4.69) is 4.98 Å². The van der Waals surface area contributed by atoms with Crippen LogP contribution in [0.5, 0.6) is 0 Å². The minimum atomic E-state index is -0.466. The molecule has 0 atom stereocenters. The Morgan fingerprint density at radius 3 is 2.06 bits per heavy atom. The number of fused-ring (bicyclic) bond motifs is 1. The first-order chi connectivity index (χ1) is 16.8. The van der Waals surface area contributed by atoms with Gasteiger partial charge in [-0.3, -0.25) is 13.9 Å². The quantitative estimate of drug-likeness (QED) is 0.366. The average molecular weight is 484 g/mol. The SMILES string of the molecule is CN(CCOC(c1ccc(F)cc1)c1ccc(F)cc1)CCn1cnc2c1c(=O)n(C)c(=O)n2C. The molecule has 4 aromatic rings. The number of likely N-dealkylation sites (N-methyl/N-ethyl adjacent to an activating group) is 1. The molecule has 4 rings (SSSR count). The zero-order chi connectivity index (χ0) is 25.1. The van der Waals surface area contributed by atoms with Gasteiger partial charge in [-0.25, -0.2) is 18.6 Å². The van der Waals surface area contributed by atoms with E-state index in [0.29, 0.717) is 37.4 Å². The van der Waals surface area contributed by atoms with Crippen LogP contribution < -0.4 is 11.2 Å². The summed E-state index contributed by atoms with van der Waals surface area (Å²) in [4.78, 5) is 31.0. The van der Waals surface area contributed by atoms with Gasteiger partial charge in [0, 0.05) is 33.7 Å². The van der Waals surface area contributed by atoms with Gasteiger partial charge in [-0.15, -0.1) is 0 Å². The van der Waals surface area contributed by atoms with Crippen molar-refractivity contribution in [3.63, 3.8) is 0 Å². The monoisotopic (exact) mass is 483 g/mol. The lowest BCUT2D eigenvalue weighted by atomic mass is 10.0. The van der Waals surface area contributed by atoms with E-state index in [-0.39, 0.29) is 17.2 Å². The van der Waals surface area contributed by atoms with Gasteiger partial charge >= 0.3 is 5.69 Å². The maximum absolute atomic E-state index is 13.4. The fourth-order valence-corrected chi connectivity index (χ4v) is 3.94. The Bertz CT molecular complexity index is 1380. The molecule has 0 bridgehead atoms. The first-order valence-corrected chi connectivity index (χ1v) is 11.2. The van der Waals surface area contributed by atoms with E-state index >= 15 is 0 Å². The number of rotatable bonds is 9. The molecule has 0 spiro atoms. The number of hydrogen-bond acceptors (Lipinski definition) is 5. The van der Waals surface area contributed by atoms with E-state index in [1.165, 1.54) is 35.9 Å². The molecular formula is C25H27F2N5O3. The molecule has 0 unspecified atom stereocenters. The Kier molecular flexibility index (Phi) is 7.23. The number of benzene rings is 2. The number of aryl methyl sites for hydroxylation is 1. The van der Waals surface area contributed by atoms with Crippen molar-refractivity contribution in [2.45, 2.75) is 12.6 Å². The van der Waals surface area contributed by atoms with Crippen LogP contribution in [0.15, 0.2) is 64.4 Å². The van der Waals surface area contributed by atoms with Crippen LogP contribution in [-0.2, 0) is 25.4 Å². The van der Waals surface area contributed by atoms with Crippen LogP contribution in [0.2, 0.25) is 0 Å². The second kappa shape index (κ2) is 10.3. The second-order valence-corrected chi connectivity index (χ2v) is 8.47. The molecule has 2 aromatic heterocycles. The van der Waals surface area contributed by atoms with E-state index in [4.69, 9.17) is 4.74 Å². The van der Waals surface area contributed by atoms with Crippen LogP contribution in [0.1, 0.15) is 17.2 Å². The lowest BCUT2D eigenvalue weighted by Gasteiger charge is -2.22. The van der Waals surface area contributed by atoms with Gasteiger partial charge < -0.3 is 14.2 Å². The van der Waals surface area contributed by atoms with Crippen molar-refractivity contribution >= 4 is 11.2 Å². The maximum Gasteiger partial charge on any atom is 0.332 e. The predicted molar refractivity (Wildman–Crippen MR) is 128 cm³/mol. The van der Waals surface area contributed by atoms with Gasteiger partial charge in [-0.2, -0.15) is 0 Å². The molecule has 8 nitrogen and oxygen atoms in total. The third-order valence-electron chi connectivity index (χ3n) is 6.04. The third-order valence-corrected chi connectivity index (χ3v) is 6.04. The normalized spacial score (nSPS) is 11.7. The summed E-state index contributed by atoms with van der Waals surface area (Å²) in [6.45, 7) is 2.07. The topological polar surface area (TPSA) is 74.3 Å². The Labute approximate surface area is 200 Å². The van der Waals surface area contributed by atoms with Gasteiger partial charge in [0.05, 0.1) is 12.9 Å². The molecule has 0 saturated carbocycles. The molecule has 35 heavy (non-hydrogen) atoms. The van der Waals surface area contributed by atoms with E-state index < -0.39 is 11.8 Å². The summed E-state index contributed by atoms with van der Waals surface area (Å²) >= 11 is 0. The molecule has 184 valence electrons. The smallest absolute Gasteiger partial charge is 0.332 e. The van der Waals surface area contributed by atoms with Crippen molar-refractivity contribution in [1.29, 1.82) is 0 Å². The van der Waals surface area contributed by atoms with Crippen LogP contribution in [-0.4, -0.2) is 50.3 Å². The first kappa shape index (κ1) is 24.5. The number of nitrogens with zero attached hydrogens (tertiary/aromatic N) is 5. The zero-order valence-corrected chi connectivity index (χ0v) is 19.8. The van der Waals surface area contributed by atoms with E-state index in [9.17, 15) is 18.4 Å². The largest absolute Gasteiger partial charge is 0.367 e. The van der Waals surface area contributed by atoms with Crippen LogP contribution in [0.3, 0.4) is 0 Å². The number of ether oxygens (including phenoxy) is 1. The number of hydrogen-bond donors (Lipinski definition) is 0. The highest BCUT2D eigenvalue weighted by molar-refractivity contribution is 5.69. The molecule has 0 aliphatic rings. The van der Waals surface area contributed by atoms with Gasteiger partial charge in [0.15, 0.2) is 11.2 Å². The van der Waals surface area contributed by atoms with E-state index in [1.807, 2.05) is 11.9 Å². The summed E-state index contributed by atoms with van der Waals surface area (Å²) in [6, 6.07) is 12.1. The number of halogens is 2. The highest BCUT2D eigenvalue weighted by Crippen LogP contribution is 2.26. The fraction of sp³-hybridized carbons (Fsp3) is 0.320. The minimum absolute atomic E-state index is 0.340. The van der Waals surface area contributed by atoms with Crippen molar-refractivity contribution in [1.82, 2.24) is 23.6 Å². The summed E-state index contributed by atoms with van der Waals surface area (Å²) in [7, 11) is 4.97. The molecule has 0 fully saturated rings. The van der Waals surface area contributed by atoms with Gasteiger partial charge in [-0.05, 0) is 42.4 Å². The van der Waals surface area contributed by atoms with Crippen molar-refractivity contribution in [2.75, 3.05) is 26.7 Å². The Morgan fingerprint density at radius 1 is 0.914 bits per heavy atom. The maximum atomic E-state index is 13.4. The van der Waals surface area contributed by atoms with Crippen LogP contribution in [0, 0.1) is 11.6 Å². The number of imidazole rings is 1. The average Bonchev–Trinajstić information content (AvgIpc) is 3.28. The standard InChI is InChI=1S/C25H27F2N5O3/c1-29(12-13-32-16-28-23-21(32)24(33)31(3)25(34)30(23)2)14-15-35-22(17-4-8-19(26)9-5-17)18-6-10-20(27)11-7-18/h4-11,16,22H,12-15H2,1-3H3. The van der Waals surface area contributed by atoms with E-state index in [1.54, 1.807) is 42.2 Å². The van der Waals surface area contributed by atoms with Gasteiger partial charge in [0.25, 0.3) is 5.56 Å². The van der Waals surface area contributed by atoms with Crippen molar-refractivity contribution in [3.8, 4) is 0 Å². The summed E-state index contributed by atoms with van der Waals surface area (Å²) in [6.07, 6.45) is 1.10. The molecule has 2 heterocycles. The lowest BCUT2D eigenvalue weighted by molar-refractivity contribution is 0.0642. The fourth-order valence-electron chi connectivity index (χ4n) is 3.94. The van der Waals surface area contributed by atoms with Crippen LogP contribution >= 0.6 is 0 Å². The van der Waals surface area contributed by atoms with Crippen LogP contribution in [0.25, 0.3) is 11.2 Å². The molecule has 0 radical (unpaired) electrons. The molecule has 0 N–H and O–H groups in total. The molecule has 0 aliphatic carbocycles. The number of aromatic nitrogens is 4. The summed E-state index contributed by atoms with van der Waals surface area (Å²) in [5.41, 5.74) is 1.48. The highest BCUT2D eigenvalue weighted by Gasteiger charge is 2.17. The molecule has 2 aromatic carbocycles. The molecule has 0 saturated heterocycles. The van der Waals surface area contributed by atoms with E-state index in [0.717, 1.165) is 15.7 Å². The third kappa shape index (κ3) is 5.23. The molecule has 10 heteroatoms. The Hall–Kier alpha value is -3.63. The lowest BCUT2D eigenvalue weighted by Crippen LogP contribution is -2.37. The second-order valence-electron chi connectivity index (χ2n) is 8.47. The first-order valence-electron chi connectivity index (χ1n) is 11.2. The molecule has 0 aliphatic heterocycles. The van der Waals surface area contributed by atoms with Gasteiger partial charge in [0.2, 0.25) is 0 Å².